The van der Waals surface area contributed by atoms with E-state index in [-0.39, 0.29) is 5.91 Å². The number of methoxy groups -OCH3 is 1. The van der Waals surface area contributed by atoms with E-state index in [4.69, 9.17) is 32.7 Å². The highest BCUT2D eigenvalue weighted by Crippen LogP contribution is 2.36. The van der Waals surface area contributed by atoms with Crippen molar-refractivity contribution in [3.8, 4) is 11.5 Å². The summed E-state index contributed by atoms with van der Waals surface area (Å²) < 4.78 is 11.3. The third-order valence-electron chi connectivity index (χ3n) is 4.43. The van der Waals surface area contributed by atoms with Gasteiger partial charge >= 0.3 is 0 Å². The van der Waals surface area contributed by atoms with Crippen molar-refractivity contribution in [3.63, 3.8) is 0 Å². The summed E-state index contributed by atoms with van der Waals surface area (Å²) in [5.74, 6) is 0.738. The average Bonchev–Trinajstić information content (AvgIpc) is 2.78. The van der Waals surface area contributed by atoms with Crippen LogP contribution in [0.5, 0.6) is 11.5 Å². The Balaban J connectivity index is 1.58. The molecule has 0 saturated heterocycles. The van der Waals surface area contributed by atoms with Crippen LogP contribution in [-0.2, 0) is 17.8 Å². The number of hydrogen-bond acceptors (Lipinski definition) is 4. The first-order valence-electron chi connectivity index (χ1n) is 9.66. The number of carbonyl (C=O) groups excluding carboxylic acids is 1. The fourth-order valence-electron chi connectivity index (χ4n) is 2.83. The summed E-state index contributed by atoms with van der Waals surface area (Å²) in [7, 11) is 1.53. The lowest BCUT2D eigenvalue weighted by Crippen LogP contribution is -2.17. The van der Waals surface area contributed by atoms with E-state index in [1.165, 1.54) is 13.3 Å². The van der Waals surface area contributed by atoms with Gasteiger partial charge in [-0.3, -0.25) is 4.79 Å². The van der Waals surface area contributed by atoms with Crippen LogP contribution >= 0.6 is 23.2 Å². The molecule has 7 heteroatoms. The lowest BCUT2D eigenvalue weighted by molar-refractivity contribution is -0.121. The molecule has 0 saturated carbocycles. The van der Waals surface area contributed by atoms with Crippen molar-refractivity contribution in [1.29, 1.82) is 0 Å². The van der Waals surface area contributed by atoms with Gasteiger partial charge in [0.2, 0.25) is 5.91 Å². The summed E-state index contributed by atoms with van der Waals surface area (Å²) in [4.78, 5) is 12.0. The van der Waals surface area contributed by atoms with Gasteiger partial charge in [0.05, 0.1) is 18.3 Å². The maximum absolute atomic E-state index is 12.0. The maximum Gasteiger partial charge on any atom is 0.240 e. The normalized spacial score (nSPS) is 10.8. The first-order valence-corrected chi connectivity index (χ1v) is 10.4. The molecule has 0 unspecified atom stereocenters. The van der Waals surface area contributed by atoms with Crippen LogP contribution in [-0.4, -0.2) is 19.2 Å². The van der Waals surface area contributed by atoms with Gasteiger partial charge in [0.25, 0.3) is 0 Å². The lowest BCUT2D eigenvalue weighted by atomic mass is 10.1. The minimum atomic E-state index is -0.166. The van der Waals surface area contributed by atoms with E-state index in [1.54, 1.807) is 24.3 Å². The first kappa shape index (κ1) is 22.7. The summed E-state index contributed by atoms with van der Waals surface area (Å²) in [6.45, 7) is 0.318. The van der Waals surface area contributed by atoms with E-state index >= 15 is 0 Å². The Kier molecular flexibility index (Phi) is 8.33. The van der Waals surface area contributed by atoms with Gasteiger partial charge in [0.15, 0.2) is 11.5 Å². The number of halogens is 2. The van der Waals surface area contributed by atoms with Crippen LogP contribution < -0.4 is 14.9 Å². The Labute approximate surface area is 191 Å². The molecule has 0 aliphatic carbocycles. The highest BCUT2D eigenvalue weighted by atomic mass is 35.5. The molecular formula is C24H22Cl2N2O3. The predicted octanol–water partition coefficient (Wildman–Crippen LogP) is 5.66. The zero-order valence-electron chi connectivity index (χ0n) is 17.0. The van der Waals surface area contributed by atoms with Gasteiger partial charge in [0.1, 0.15) is 6.61 Å². The number of ether oxygens (including phenoxy) is 2. The summed E-state index contributed by atoms with van der Waals surface area (Å²) >= 11 is 12.3. The van der Waals surface area contributed by atoms with E-state index in [1.807, 2.05) is 42.5 Å². The minimum absolute atomic E-state index is 0.166. The molecule has 0 spiro atoms. The van der Waals surface area contributed by atoms with Gasteiger partial charge < -0.3 is 9.47 Å². The molecule has 0 bridgehead atoms. The van der Waals surface area contributed by atoms with Crippen LogP contribution in [0.1, 0.15) is 23.1 Å². The Morgan fingerprint density at radius 3 is 2.48 bits per heavy atom. The number of rotatable bonds is 9. The highest BCUT2D eigenvalue weighted by Gasteiger charge is 2.12. The largest absolute Gasteiger partial charge is 0.493 e. The monoisotopic (exact) mass is 456 g/mol. The Morgan fingerprint density at radius 1 is 1.03 bits per heavy atom. The molecule has 3 aromatic rings. The molecule has 0 heterocycles. The second-order valence-electron chi connectivity index (χ2n) is 6.73. The number of hydrazone groups is 1. The van der Waals surface area contributed by atoms with Gasteiger partial charge in [-0.05, 0) is 47.4 Å². The third kappa shape index (κ3) is 7.02. The lowest BCUT2D eigenvalue weighted by Gasteiger charge is -2.13. The maximum atomic E-state index is 12.0. The Hall–Kier alpha value is -3.02. The van der Waals surface area contributed by atoms with E-state index in [0.717, 1.165) is 11.1 Å². The molecule has 0 aliphatic rings. The SMILES string of the molecule is COc1cc(/C=N\NC(=O)CCc2ccccc2)cc(Cl)c1OCc1ccc(Cl)cc1. The van der Waals surface area contributed by atoms with Crippen LogP contribution in [0, 0.1) is 0 Å². The standard InChI is InChI=1S/C24H22Cl2N2O3/c1-30-22-14-19(15-27-28-23(29)12-9-17-5-3-2-4-6-17)13-21(26)24(22)31-16-18-7-10-20(25)11-8-18/h2-8,10-11,13-15H,9,12,16H2,1H3,(H,28,29)/b27-15-. The van der Waals surface area contributed by atoms with Crippen LogP contribution in [0.3, 0.4) is 0 Å². The van der Waals surface area contributed by atoms with Gasteiger partial charge in [-0.25, -0.2) is 5.43 Å². The van der Waals surface area contributed by atoms with Gasteiger partial charge in [0, 0.05) is 11.4 Å². The number of amides is 1. The van der Waals surface area contributed by atoms with Crippen LogP contribution in [0.2, 0.25) is 10.0 Å². The van der Waals surface area contributed by atoms with Crippen molar-refractivity contribution in [2.24, 2.45) is 5.10 Å². The van der Waals surface area contributed by atoms with Crippen molar-refractivity contribution in [2.45, 2.75) is 19.4 Å². The fourth-order valence-corrected chi connectivity index (χ4v) is 3.23. The number of benzene rings is 3. The number of nitrogens with zero attached hydrogens (tertiary/aromatic N) is 1. The molecule has 160 valence electrons. The quantitative estimate of drug-likeness (QED) is 0.333. The second-order valence-corrected chi connectivity index (χ2v) is 7.57. The number of aryl methyl sites for hydroxylation is 1. The predicted molar refractivity (Wildman–Crippen MR) is 124 cm³/mol. The fraction of sp³-hybridized carbons (Fsp3) is 0.167. The van der Waals surface area contributed by atoms with Crippen LogP contribution in [0.25, 0.3) is 0 Å². The molecule has 0 radical (unpaired) electrons. The van der Waals surface area contributed by atoms with Crippen molar-refractivity contribution in [2.75, 3.05) is 7.11 Å². The summed E-state index contributed by atoms with van der Waals surface area (Å²) in [5, 5.41) is 5.05. The van der Waals surface area contributed by atoms with E-state index in [9.17, 15) is 4.79 Å². The number of carbonyl (C=O) groups is 1. The van der Waals surface area contributed by atoms with Crippen molar-refractivity contribution >= 4 is 35.3 Å². The van der Waals surface area contributed by atoms with E-state index in [2.05, 4.69) is 10.5 Å². The molecule has 1 N–H and O–H groups in total. The van der Waals surface area contributed by atoms with Crippen molar-refractivity contribution in [3.05, 3.63) is 93.5 Å². The van der Waals surface area contributed by atoms with Crippen LogP contribution in [0.15, 0.2) is 71.8 Å². The molecule has 3 aromatic carbocycles. The van der Waals surface area contributed by atoms with Gasteiger partial charge in [-0.1, -0.05) is 65.7 Å². The first-order chi connectivity index (χ1) is 15.0. The molecule has 0 atom stereocenters. The van der Waals surface area contributed by atoms with E-state index in [0.29, 0.717) is 46.6 Å². The van der Waals surface area contributed by atoms with Gasteiger partial charge in [-0.2, -0.15) is 5.10 Å². The Bertz CT molecular complexity index is 1040. The van der Waals surface area contributed by atoms with Gasteiger partial charge in [-0.15, -0.1) is 0 Å². The zero-order chi connectivity index (χ0) is 22.1. The molecule has 0 fully saturated rings. The molecule has 0 aromatic heterocycles. The topological polar surface area (TPSA) is 59.9 Å². The molecule has 1 amide bonds. The smallest absolute Gasteiger partial charge is 0.240 e. The Morgan fingerprint density at radius 2 is 1.77 bits per heavy atom. The highest BCUT2D eigenvalue weighted by molar-refractivity contribution is 6.32. The molecule has 3 rings (SSSR count). The van der Waals surface area contributed by atoms with Crippen LogP contribution in [0.4, 0.5) is 0 Å². The minimum Gasteiger partial charge on any atom is -0.493 e. The molecule has 31 heavy (non-hydrogen) atoms. The molecular weight excluding hydrogens is 435 g/mol. The zero-order valence-corrected chi connectivity index (χ0v) is 18.5. The molecule has 0 aliphatic heterocycles. The van der Waals surface area contributed by atoms with E-state index < -0.39 is 0 Å². The van der Waals surface area contributed by atoms with Crippen molar-refractivity contribution in [1.82, 2.24) is 5.43 Å². The second kappa shape index (κ2) is 11.4. The number of nitrogens with one attached hydrogen (secondary N) is 1. The summed E-state index contributed by atoms with van der Waals surface area (Å²) in [6, 6.07) is 20.6. The van der Waals surface area contributed by atoms with Crippen molar-refractivity contribution < 1.29 is 14.3 Å². The summed E-state index contributed by atoms with van der Waals surface area (Å²) in [5.41, 5.74) is 5.25. The average molecular weight is 457 g/mol. The molecule has 5 nitrogen and oxygen atoms in total. The summed E-state index contributed by atoms with van der Waals surface area (Å²) in [6.07, 6.45) is 2.52. The third-order valence-corrected chi connectivity index (χ3v) is 4.97. The number of hydrogen-bond donors (Lipinski definition) is 1.